The number of ether oxygens (including phenoxy) is 2. The van der Waals surface area contributed by atoms with Gasteiger partial charge in [-0.15, -0.1) is 0 Å². The average Bonchev–Trinajstić information content (AvgIpc) is 2.12. The predicted octanol–water partition coefficient (Wildman–Crippen LogP) is 2.10. The Morgan fingerprint density at radius 1 is 1.24 bits per heavy atom. The Labute approximate surface area is 103 Å². The van der Waals surface area contributed by atoms with E-state index in [0.717, 1.165) is 0 Å². The minimum Gasteiger partial charge on any atom is -0.469 e. The number of carbonyl (C=O) groups is 2. The SMILES string of the molecule is COC(=O)[C@H](C)C[C@@H](C)NC(=O)OC(C)(C)C. The maximum absolute atomic E-state index is 11.4. The number of hydrogen-bond acceptors (Lipinski definition) is 4. The molecule has 0 bridgehead atoms. The first-order valence-corrected chi connectivity index (χ1v) is 5.73. The molecule has 2 atom stereocenters. The molecular formula is C12H23NO4. The Morgan fingerprint density at radius 3 is 2.18 bits per heavy atom. The van der Waals surface area contributed by atoms with E-state index in [1.807, 2.05) is 6.92 Å². The molecule has 1 amide bonds. The molecule has 5 nitrogen and oxygen atoms in total. The van der Waals surface area contributed by atoms with Gasteiger partial charge in [0.1, 0.15) is 5.60 Å². The third-order valence-corrected chi connectivity index (χ3v) is 2.07. The molecule has 0 rings (SSSR count). The van der Waals surface area contributed by atoms with Gasteiger partial charge in [0, 0.05) is 6.04 Å². The van der Waals surface area contributed by atoms with Crippen LogP contribution in [0.4, 0.5) is 4.79 Å². The smallest absolute Gasteiger partial charge is 0.407 e. The van der Waals surface area contributed by atoms with Crippen LogP contribution in [-0.2, 0) is 14.3 Å². The molecule has 0 aliphatic heterocycles. The molecule has 0 fully saturated rings. The van der Waals surface area contributed by atoms with E-state index >= 15 is 0 Å². The van der Waals surface area contributed by atoms with Crippen molar-refractivity contribution in [2.75, 3.05) is 7.11 Å². The van der Waals surface area contributed by atoms with Gasteiger partial charge in [-0.25, -0.2) is 4.79 Å². The molecule has 0 saturated carbocycles. The highest BCUT2D eigenvalue weighted by molar-refractivity contribution is 5.72. The molecule has 0 aromatic heterocycles. The summed E-state index contributed by atoms with van der Waals surface area (Å²) in [6.45, 7) is 8.99. The summed E-state index contributed by atoms with van der Waals surface area (Å²) in [5.74, 6) is -0.521. The largest absolute Gasteiger partial charge is 0.469 e. The van der Waals surface area contributed by atoms with Crippen molar-refractivity contribution in [2.45, 2.75) is 52.7 Å². The highest BCUT2D eigenvalue weighted by Gasteiger charge is 2.21. The van der Waals surface area contributed by atoms with Crippen LogP contribution in [0.2, 0.25) is 0 Å². The first-order chi connectivity index (χ1) is 7.65. The van der Waals surface area contributed by atoms with E-state index in [4.69, 9.17) is 4.74 Å². The van der Waals surface area contributed by atoms with Crippen LogP contribution in [0.5, 0.6) is 0 Å². The van der Waals surface area contributed by atoms with Crippen LogP contribution in [0.25, 0.3) is 0 Å². The van der Waals surface area contributed by atoms with E-state index in [1.54, 1.807) is 27.7 Å². The van der Waals surface area contributed by atoms with Crippen molar-refractivity contribution < 1.29 is 19.1 Å². The van der Waals surface area contributed by atoms with Gasteiger partial charge < -0.3 is 14.8 Å². The first kappa shape index (κ1) is 15.7. The van der Waals surface area contributed by atoms with Crippen molar-refractivity contribution in [3.63, 3.8) is 0 Å². The zero-order chi connectivity index (χ0) is 13.6. The molecule has 0 radical (unpaired) electrons. The maximum atomic E-state index is 11.4. The van der Waals surface area contributed by atoms with Gasteiger partial charge in [-0.1, -0.05) is 6.92 Å². The molecule has 0 aliphatic carbocycles. The molecule has 5 heteroatoms. The van der Waals surface area contributed by atoms with Gasteiger partial charge in [0.25, 0.3) is 0 Å². The van der Waals surface area contributed by atoms with Gasteiger partial charge >= 0.3 is 12.1 Å². The molecule has 0 aliphatic rings. The third kappa shape index (κ3) is 7.60. The number of nitrogens with one attached hydrogen (secondary N) is 1. The van der Waals surface area contributed by atoms with Gasteiger partial charge in [-0.3, -0.25) is 4.79 Å². The van der Waals surface area contributed by atoms with Crippen LogP contribution >= 0.6 is 0 Å². The van der Waals surface area contributed by atoms with Crippen molar-refractivity contribution in [2.24, 2.45) is 5.92 Å². The van der Waals surface area contributed by atoms with Crippen molar-refractivity contribution in [1.29, 1.82) is 0 Å². The molecule has 0 saturated heterocycles. The molecular weight excluding hydrogens is 222 g/mol. The molecule has 0 aromatic carbocycles. The second-order valence-electron chi connectivity index (χ2n) is 5.21. The minimum atomic E-state index is -0.516. The normalized spacial score (nSPS) is 14.7. The molecule has 0 spiro atoms. The van der Waals surface area contributed by atoms with Gasteiger partial charge in [-0.2, -0.15) is 0 Å². The third-order valence-electron chi connectivity index (χ3n) is 2.07. The number of carbonyl (C=O) groups excluding carboxylic acids is 2. The first-order valence-electron chi connectivity index (χ1n) is 5.73. The number of rotatable bonds is 4. The van der Waals surface area contributed by atoms with Crippen molar-refractivity contribution >= 4 is 12.1 Å². The second kappa shape index (κ2) is 6.47. The van der Waals surface area contributed by atoms with Crippen LogP contribution in [0, 0.1) is 5.92 Å². The summed E-state index contributed by atoms with van der Waals surface area (Å²) in [6.07, 6.45) is 0.0494. The predicted molar refractivity (Wildman–Crippen MR) is 64.6 cm³/mol. The molecule has 17 heavy (non-hydrogen) atoms. The Morgan fingerprint density at radius 2 is 1.76 bits per heavy atom. The van der Waals surface area contributed by atoms with Crippen LogP contribution in [0.1, 0.15) is 41.0 Å². The lowest BCUT2D eigenvalue weighted by Gasteiger charge is -2.22. The standard InChI is InChI=1S/C12H23NO4/c1-8(10(14)16-6)7-9(2)13-11(15)17-12(3,4)5/h8-9H,7H2,1-6H3,(H,13,15)/t8-,9-/m1/s1. The fourth-order valence-corrected chi connectivity index (χ4v) is 1.40. The quantitative estimate of drug-likeness (QED) is 0.770. The molecule has 1 N–H and O–H groups in total. The summed E-state index contributed by atoms with van der Waals surface area (Å²) in [7, 11) is 1.35. The highest BCUT2D eigenvalue weighted by Crippen LogP contribution is 2.10. The van der Waals surface area contributed by atoms with Gasteiger partial charge in [0.15, 0.2) is 0 Å². The Balaban J connectivity index is 4.06. The van der Waals surface area contributed by atoms with E-state index in [-0.39, 0.29) is 17.9 Å². The minimum absolute atomic E-state index is 0.140. The topological polar surface area (TPSA) is 64.6 Å². The van der Waals surface area contributed by atoms with Gasteiger partial charge in [0.2, 0.25) is 0 Å². The molecule has 0 aromatic rings. The van der Waals surface area contributed by atoms with E-state index < -0.39 is 11.7 Å². The van der Waals surface area contributed by atoms with E-state index in [0.29, 0.717) is 6.42 Å². The lowest BCUT2D eigenvalue weighted by Crippen LogP contribution is -2.39. The highest BCUT2D eigenvalue weighted by atomic mass is 16.6. The number of amides is 1. The second-order valence-corrected chi connectivity index (χ2v) is 5.21. The van der Waals surface area contributed by atoms with Gasteiger partial charge in [-0.05, 0) is 34.1 Å². The van der Waals surface area contributed by atoms with Crippen molar-refractivity contribution in [3.8, 4) is 0 Å². The van der Waals surface area contributed by atoms with Crippen LogP contribution in [0.3, 0.4) is 0 Å². The van der Waals surface area contributed by atoms with Crippen molar-refractivity contribution in [3.05, 3.63) is 0 Å². The zero-order valence-electron chi connectivity index (χ0n) is 11.5. The van der Waals surface area contributed by atoms with Crippen LogP contribution < -0.4 is 5.32 Å². The Bertz CT molecular complexity index is 270. The number of hydrogen-bond donors (Lipinski definition) is 1. The molecule has 0 heterocycles. The van der Waals surface area contributed by atoms with Gasteiger partial charge in [0.05, 0.1) is 13.0 Å². The lowest BCUT2D eigenvalue weighted by atomic mass is 10.0. The summed E-state index contributed by atoms with van der Waals surface area (Å²) in [5.41, 5.74) is -0.516. The Hall–Kier alpha value is -1.26. The van der Waals surface area contributed by atoms with Crippen molar-refractivity contribution in [1.82, 2.24) is 5.32 Å². The zero-order valence-corrected chi connectivity index (χ0v) is 11.5. The fraction of sp³-hybridized carbons (Fsp3) is 0.833. The Kier molecular flexibility index (Phi) is 5.99. The van der Waals surface area contributed by atoms with Crippen LogP contribution in [0.15, 0.2) is 0 Å². The average molecular weight is 245 g/mol. The van der Waals surface area contributed by atoms with E-state index in [9.17, 15) is 9.59 Å². The lowest BCUT2D eigenvalue weighted by molar-refractivity contribution is -0.145. The fourth-order valence-electron chi connectivity index (χ4n) is 1.40. The monoisotopic (exact) mass is 245 g/mol. The maximum Gasteiger partial charge on any atom is 0.407 e. The summed E-state index contributed by atoms with van der Waals surface area (Å²) < 4.78 is 9.73. The molecule has 0 unspecified atom stereocenters. The molecule has 100 valence electrons. The summed E-state index contributed by atoms with van der Waals surface area (Å²) in [4.78, 5) is 22.6. The van der Waals surface area contributed by atoms with E-state index in [1.165, 1.54) is 7.11 Å². The summed E-state index contributed by atoms with van der Waals surface area (Å²) in [5, 5.41) is 2.68. The number of esters is 1. The summed E-state index contributed by atoms with van der Waals surface area (Å²) >= 11 is 0. The number of methoxy groups -OCH3 is 1. The summed E-state index contributed by atoms with van der Waals surface area (Å²) in [6, 6.07) is -0.140. The van der Waals surface area contributed by atoms with E-state index in [2.05, 4.69) is 10.1 Å². The van der Waals surface area contributed by atoms with Crippen LogP contribution in [-0.4, -0.2) is 30.8 Å². The number of alkyl carbamates (subject to hydrolysis) is 1.